The Kier molecular flexibility index (Phi) is 6.20. The minimum atomic E-state index is -3.59. The highest BCUT2D eigenvalue weighted by Crippen LogP contribution is 2.32. The Bertz CT molecular complexity index is 678. The maximum Gasteiger partial charge on any atom is 0.253 e. The van der Waals surface area contributed by atoms with Gasteiger partial charge < -0.3 is 10.6 Å². The zero-order valence-electron chi connectivity index (χ0n) is 13.7. The van der Waals surface area contributed by atoms with Crippen molar-refractivity contribution in [2.45, 2.75) is 18.2 Å². The van der Waals surface area contributed by atoms with Gasteiger partial charge in [-0.05, 0) is 36.6 Å². The molecule has 1 saturated heterocycles. The van der Waals surface area contributed by atoms with Gasteiger partial charge in [-0.25, -0.2) is 8.42 Å². The number of carbonyl (C=O) groups excluding carboxylic acids is 1. The van der Waals surface area contributed by atoms with Gasteiger partial charge in [0.2, 0.25) is 10.0 Å². The van der Waals surface area contributed by atoms with Crippen LogP contribution in [0.25, 0.3) is 0 Å². The quantitative estimate of drug-likeness (QED) is 0.872. The molecule has 0 aromatic heterocycles. The number of nitrogens with zero attached hydrogens (tertiary/aromatic N) is 2. The van der Waals surface area contributed by atoms with E-state index in [9.17, 15) is 13.2 Å². The minimum absolute atomic E-state index is 0. The Hall–Kier alpha value is -1.15. The summed E-state index contributed by atoms with van der Waals surface area (Å²) in [5.74, 6) is -0.217. The summed E-state index contributed by atoms with van der Waals surface area (Å²) in [4.78, 5) is 13.6. The molecule has 1 amide bonds. The standard InChI is InChI=1S/C15H23N3O3S.ClH/c1-15(10-16)7-8-18(11-15)22(20,21)13-6-4-5-12(9-13)14(19)17(2)3;/h4-6,9H,7-8,10-11,16H2,1-3H3;1H. The fourth-order valence-corrected chi connectivity index (χ4v) is 4.18. The van der Waals surface area contributed by atoms with Crippen molar-refractivity contribution in [2.24, 2.45) is 11.1 Å². The molecule has 0 bridgehead atoms. The van der Waals surface area contributed by atoms with Gasteiger partial charge in [-0.2, -0.15) is 4.31 Å². The Balaban J connectivity index is 0.00000264. The highest BCUT2D eigenvalue weighted by molar-refractivity contribution is 7.89. The van der Waals surface area contributed by atoms with Gasteiger partial charge in [-0.1, -0.05) is 13.0 Å². The molecular formula is C15H24ClN3O3S. The topological polar surface area (TPSA) is 83.7 Å². The second kappa shape index (κ2) is 7.17. The highest BCUT2D eigenvalue weighted by atomic mass is 35.5. The minimum Gasteiger partial charge on any atom is -0.345 e. The summed E-state index contributed by atoms with van der Waals surface area (Å²) < 4.78 is 26.9. The Morgan fingerprint density at radius 2 is 2.04 bits per heavy atom. The van der Waals surface area contributed by atoms with Crippen molar-refractivity contribution in [2.75, 3.05) is 33.7 Å². The van der Waals surface area contributed by atoms with E-state index in [-0.39, 0.29) is 28.6 Å². The van der Waals surface area contributed by atoms with E-state index in [1.54, 1.807) is 26.2 Å². The Morgan fingerprint density at radius 3 is 2.57 bits per heavy atom. The first-order valence-corrected chi connectivity index (χ1v) is 8.65. The van der Waals surface area contributed by atoms with E-state index < -0.39 is 10.0 Å². The molecule has 0 spiro atoms. The van der Waals surface area contributed by atoms with Crippen LogP contribution in [0.15, 0.2) is 29.2 Å². The van der Waals surface area contributed by atoms with Crippen LogP contribution in [-0.2, 0) is 10.0 Å². The van der Waals surface area contributed by atoms with Crippen molar-refractivity contribution >= 4 is 28.3 Å². The van der Waals surface area contributed by atoms with Gasteiger partial charge in [0.05, 0.1) is 4.90 Å². The van der Waals surface area contributed by atoms with Gasteiger partial charge in [-0.3, -0.25) is 4.79 Å². The molecule has 2 N–H and O–H groups in total. The number of rotatable bonds is 4. The number of halogens is 1. The first kappa shape index (κ1) is 19.9. The molecule has 130 valence electrons. The van der Waals surface area contributed by atoms with Gasteiger partial charge in [0.15, 0.2) is 0 Å². The largest absolute Gasteiger partial charge is 0.345 e. The van der Waals surface area contributed by atoms with Crippen LogP contribution in [0.1, 0.15) is 23.7 Å². The molecule has 8 heteroatoms. The summed E-state index contributed by atoms with van der Waals surface area (Å²) in [6, 6.07) is 6.19. The van der Waals surface area contributed by atoms with Gasteiger partial charge in [0.1, 0.15) is 0 Å². The molecule has 1 aromatic carbocycles. The van der Waals surface area contributed by atoms with Crippen molar-refractivity contribution < 1.29 is 13.2 Å². The molecule has 0 saturated carbocycles. The Labute approximate surface area is 144 Å². The number of hydrogen-bond acceptors (Lipinski definition) is 4. The average Bonchev–Trinajstić information content (AvgIpc) is 2.90. The normalized spacial score (nSPS) is 21.7. The third-order valence-corrected chi connectivity index (χ3v) is 5.98. The SMILES string of the molecule is CN(C)C(=O)c1cccc(S(=O)(=O)N2CCC(C)(CN)C2)c1.Cl. The molecule has 23 heavy (non-hydrogen) atoms. The average molecular weight is 362 g/mol. The van der Waals surface area contributed by atoms with E-state index in [0.717, 1.165) is 6.42 Å². The molecule has 1 aliphatic heterocycles. The summed E-state index contributed by atoms with van der Waals surface area (Å²) >= 11 is 0. The van der Waals surface area contributed by atoms with E-state index in [1.165, 1.54) is 21.3 Å². The molecule has 2 rings (SSSR count). The van der Waals surface area contributed by atoms with E-state index in [0.29, 0.717) is 25.2 Å². The number of amides is 1. The molecule has 1 aromatic rings. The summed E-state index contributed by atoms with van der Waals surface area (Å²) in [5.41, 5.74) is 5.93. The van der Waals surface area contributed by atoms with Crippen LogP contribution in [0, 0.1) is 5.41 Å². The number of nitrogens with two attached hydrogens (primary N) is 1. The zero-order chi connectivity index (χ0) is 16.5. The van der Waals surface area contributed by atoms with Crippen LogP contribution in [-0.4, -0.2) is 57.3 Å². The van der Waals surface area contributed by atoms with Crippen LogP contribution in [0.3, 0.4) is 0 Å². The second-order valence-corrected chi connectivity index (χ2v) is 8.27. The smallest absolute Gasteiger partial charge is 0.253 e. The maximum atomic E-state index is 12.7. The third kappa shape index (κ3) is 4.03. The zero-order valence-corrected chi connectivity index (χ0v) is 15.3. The molecule has 1 unspecified atom stereocenters. The van der Waals surface area contributed by atoms with Crippen molar-refractivity contribution in [3.63, 3.8) is 0 Å². The molecule has 1 heterocycles. The lowest BCUT2D eigenvalue weighted by Gasteiger charge is -2.22. The van der Waals surface area contributed by atoms with Crippen LogP contribution in [0.2, 0.25) is 0 Å². The van der Waals surface area contributed by atoms with E-state index in [2.05, 4.69) is 0 Å². The van der Waals surface area contributed by atoms with Crippen molar-refractivity contribution in [1.82, 2.24) is 9.21 Å². The highest BCUT2D eigenvalue weighted by Gasteiger charge is 2.39. The van der Waals surface area contributed by atoms with Crippen molar-refractivity contribution in [1.29, 1.82) is 0 Å². The lowest BCUT2D eigenvalue weighted by molar-refractivity contribution is 0.0827. The fraction of sp³-hybridized carbons (Fsp3) is 0.533. The van der Waals surface area contributed by atoms with E-state index in [1.807, 2.05) is 6.92 Å². The van der Waals surface area contributed by atoms with Gasteiger partial charge >= 0.3 is 0 Å². The first-order valence-electron chi connectivity index (χ1n) is 7.21. The summed E-state index contributed by atoms with van der Waals surface area (Å²) in [6.45, 7) is 3.33. The molecule has 1 aliphatic rings. The summed E-state index contributed by atoms with van der Waals surface area (Å²) in [6.07, 6.45) is 0.749. The number of carbonyl (C=O) groups is 1. The fourth-order valence-electron chi connectivity index (χ4n) is 2.55. The lowest BCUT2D eigenvalue weighted by atomic mass is 9.90. The predicted molar refractivity (Wildman–Crippen MR) is 92.2 cm³/mol. The van der Waals surface area contributed by atoms with Gasteiger partial charge in [0.25, 0.3) is 5.91 Å². The molecule has 0 aliphatic carbocycles. The molecule has 1 atom stereocenters. The van der Waals surface area contributed by atoms with Gasteiger partial charge in [-0.15, -0.1) is 12.4 Å². The van der Waals surface area contributed by atoms with Crippen LogP contribution >= 0.6 is 12.4 Å². The van der Waals surface area contributed by atoms with Crippen molar-refractivity contribution in [3.05, 3.63) is 29.8 Å². The van der Waals surface area contributed by atoms with Crippen LogP contribution in [0.5, 0.6) is 0 Å². The first-order chi connectivity index (χ1) is 10.2. The number of hydrogen-bond donors (Lipinski definition) is 1. The van der Waals surface area contributed by atoms with Gasteiger partial charge in [0, 0.05) is 32.7 Å². The van der Waals surface area contributed by atoms with Crippen LogP contribution < -0.4 is 5.73 Å². The Morgan fingerprint density at radius 1 is 1.39 bits per heavy atom. The van der Waals surface area contributed by atoms with Crippen LogP contribution in [0.4, 0.5) is 0 Å². The predicted octanol–water partition coefficient (Wildman–Crippen LogP) is 1.17. The second-order valence-electron chi connectivity index (χ2n) is 6.33. The van der Waals surface area contributed by atoms with Crippen molar-refractivity contribution in [3.8, 4) is 0 Å². The molecule has 6 nitrogen and oxygen atoms in total. The third-order valence-electron chi connectivity index (χ3n) is 4.14. The molecule has 1 fully saturated rings. The summed E-state index contributed by atoms with van der Waals surface area (Å²) in [5, 5.41) is 0. The number of benzene rings is 1. The monoisotopic (exact) mass is 361 g/mol. The molecular weight excluding hydrogens is 338 g/mol. The maximum absolute atomic E-state index is 12.7. The summed E-state index contributed by atoms with van der Waals surface area (Å²) in [7, 11) is -0.323. The number of sulfonamides is 1. The van der Waals surface area contributed by atoms with E-state index in [4.69, 9.17) is 5.73 Å². The lowest BCUT2D eigenvalue weighted by Crippen LogP contribution is -2.34. The molecule has 0 radical (unpaired) electrons. The van der Waals surface area contributed by atoms with E-state index >= 15 is 0 Å².